The van der Waals surface area contributed by atoms with Crippen molar-refractivity contribution in [1.82, 2.24) is 5.32 Å². The smallest absolute Gasteiger partial charge is 0.335 e. The molecule has 9 heteroatoms. The summed E-state index contributed by atoms with van der Waals surface area (Å²) >= 11 is 1.49. The molecular formula is C22H26N2O6S. The first-order chi connectivity index (χ1) is 14.9. The normalized spacial score (nSPS) is 12.6. The molecule has 2 rings (SSSR count). The van der Waals surface area contributed by atoms with Crippen LogP contribution in [0.15, 0.2) is 48.5 Å². The highest BCUT2D eigenvalue weighted by Crippen LogP contribution is 2.26. The van der Waals surface area contributed by atoms with Crippen LogP contribution in [0.5, 0.6) is 0 Å². The van der Waals surface area contributed by atoms with Crippen LogP contribution in [0.2, 0.25) is 0 Å². The van der Waals surface area contributed by atoms with Gasteiger partial charge in [0.05, 0.1) is 25.3 Å². The standard InChI is InChI=1S/C22H26N2O6S/c1-30-22(29)19(12-25)24-20(26)18(23)13-31-10-9-14-5-2-3-8-17(14)15-6-4-7-16(11-15)21(27)28/h2-8,11,18-19,25H,9-10,12-13,23H2,1H3,(H,24,26)(H,27,28)/t18-,19-/m0/s1. The number of aliphatic hydroxyl groups excluding tert-OH is 1. The number of aliphatic hydroxyl groups is 1. The van der Waals surface area contributed by atoms with Crippen LogP contribution in [-0.2, 0) is 20.7 Å². The number of nitrogens with two attached hydrogens (primary N) is 1. The molecule has 2 aromatic carbocycles. The molecule has 0 aromatic heterocycles. The summed E-state index contributed by atoms with van der Waals surface area (Å²) < 4.78 is 4.51. The van der Waals surface area contributed by atoms with Crippen molar-refractivity contribution in [1.29, 1.82) is 0 Å². The largest absolute Gasteiger partial charge is 0.478 e. The number of carbonyl (C=O) groups excluding carboxylic acids is 2. The van der Waals surface area contributed by atoms with Crippen molar-refractivity contribution in [3.8, 4) is 11.1 Å². The number of ether oxygens (including phenoxy) is 1. The fourth-order valence-corrected chi connectivity index (χ4v) is 3.84. The number of nitrogens with one attached hydrogen (secondary N) is 1. The molecule has 0 spiro atoms. The molecule has 0 saturated carbocycles. The van der Waals surface area contributed by atoms with E-state index >= 15 is 0 Å². The topological polar surface area (TPSA) is 139 Å². The van der Waals surface area contributed by atoms with Crippen molar-refractivity contribution in [3.05, 3.63) is 59.7 Å². The first kappa shape index (κ1) is 24.4. The van der Waals surface area contributed by atoms with Gasteiger partial charge in [-0.05, 0) is 41.0 Å². The molecule has 2 aromatic rings. The summed E-state index contributed by atoms with van der Waals surface area (Å²) in [5.41, 5.74) is 8.95. The number of aromatic carboxylic acids is 1. The second-order valence-corrected chi connectivity index (χ2v) is 7.89. The van der Waals surface area contributed by atoms with Gasteiger partial charge in [-0.2, -0.15) is 11.8 Å². The van der Waals surface area contributed by atoms with E-state index in [1.807, 2.05) is 30.3 Å². The van der Waals surface area contributed by atoms with Crippen LogP contribution in [0.3, 0.4) is 0 Å². The molecule has 0 aliphatic carbocycles. The molecule has 0 aliphatic heterocycles. The van der Waals surface area contributed by atoms with E-state index in [4.69, 9.17) is 5.73 Å². The molecular weight excluding hydrogens is 420 g/mol. The maximum atomic E-state index is 12.1. The van der Waals surface area contributed by atoms with Gasteiger partial charge in [-0.15, -0.1) is 0 Å². The lowest BCUT2D eigenvalue weighted by molar-refractivity contribution is -0.146. The lowest BCUT2D eigenvalue weighted by Gasteiger charge is -2.17. The number of carboxylic acid groups (broad SMARTS) is 1. The SMILES string of the molecule is COC(=O)[C@H](CO)NC(=O)[C@@H](N)CSCCc1ccccc1-c1cccc(C(=O)O)c1. The van der Waals surface area contributed by atoms with E-state index in [1.165, 1.54) is 18.9 Å². The Morgan fingerprint density at radius 2 is 1.90 bits per heavy atom. The Hall–Kier alpha value is -2.88. The lowest BCUT2D eigenvalue weighted by atomic mass is 9.97. The summed E-state index contributed by atoms with van der Waals surface area (Å²) in [5.74, 6) is -1.22. The van der Waals surface area contributed by atoms with Gasteiger partial charge < -0.3 is 26.0 Å². The van der Waals surface area contributed by atoms with Crippen LogP contribution >= 0.6 is 11.8 Å². The number of hydrogen-bond acceptors (Lipinski definition) is 7. The van der Waals surface area contributed by atoms with E-state index in [0.29, 0.717) is 17.9 Å². The van der Waals surface area contributed by atoms with Gasteiger partial charge in [0.1, 0.15) is 0 Å². The molecule has 1 amide bonds. The number of carboxylic acids is 1. The van der Waals surface area contributed by atoms with Gasteiger partial charge in [0.2, 0.25) is 5.91 Å². The van der Waals surface area contributed by atoms with Gasteiger partial charge in [-0.3, -0.25) is 4.79 Å². The van der Waals surface area contributed by atoms with E-state index in [1.54, 1.807) is 18.2 Å². The molecule has 0 saturated heterocycles. The van der Waals surface area contributed by atoms with Crippen LogP contribution in [0.1, 0.15) is 15.9 Å². The van der Waals surface area contributed by atoms with Crippen LogP contribution in [0.25, 0.3) is 11.1 Å². The number of esters is 1. The van der Waals surface area contributed by atoms with Crippen LogP contribution in [0, 0.1) is 0 Å². The highest BCUT2D eigenvalue weighted by atomic mass is 32.2. The number of rotatable bonds is 11. The minimum Gasteiger partial charge on any atom is -0.478 e. The van der Waals surface area contributed by atoms with E-state index in [9.17, 15) is 24.6 Å². The van der Waals surface area contributed by atoms with Crippen molar-refractivity contribution < 1.29 is 29.3 Å². The fraction of sp³-hybridized carbons (Fsp3) is 0.318. The quantitative estimate of drug-likeness (QED) is 0.299. The van der Waals surface area contributed by atoms with Crippen LogP contribution in [0.4, 0.5) is 0 Å². The van der Waals surface area contributed by atoms with E-state index in [0.717, 1.165) is 16.7 Å². The van der Waals surface area contributed by atoms with Gasteiger partial charge >= 0.3 is 11.9 Å². The Labute approximate surface area is 184 Å². The fourth-order valence-electron chi connectivity index (χ4n) is 2.91. The Morgan fingerprint density at radius 1 is 1.16 bits per heavy atom. The Bertz CT molecular complexity index is 920. The Balaban J connectivity index is 1.92. The van der Waals surface area contributed by atoms with E-state index < -0.39 is 36.5 Å². The van der Waals surface area contributed by atoms with Crippen molar-refractivity contribution in [3.63, 3.8) is 0 Å². The number of carbonyl (C=O) groups is 3. The molecule has 0 unspecified atom stereocenters. The van der Waals surface area contributed by atoms with Crippen molar-refractivity contribution in [2.45, 2.75) is 18.5 Å². The molecule has 166 valence electrons. The number of amides is 1. The third-order valence-electron chi connectivity index (χ3n) is 4.57. The van der Waals surface area contributed by atoms with E-state index in [2.05, 4.69) is 10.1 Å². The summed E-state index contributed by atoms with van der Waals surface area (Å²) in [6.45, 7) is -0.571. The number of benzene rings is 2. The van der Waals surface area contributed by atoms with Gasteiger partial charge in [0.15, 0.2) is 6.04 Å². The molecule has 8 nitrogen and oxygen atoms in total. The predicted octanol–water partition coefficient (Wildman–Crippen LogP) is 1.30. The van der Waals surface area contributed by atoms with Gasteiger partial charge in [0.25, 0.3) is 0 Å². The summed E-state index contributed by atoms with van der Waals surface area (Å²) in [4.78, 5) is 34.8. The average molecular weight is 447 g/mol. The summed E-state index contributed by atoms with van der Waals surface area (Å²) in [6.07, 6.45) is 0.702. The molecule has 0 fully saturated rings. The first-order valence-corrected chi connectivity index (χ1v) is 10.8. The zero-order valence-electron chi connectivity index (χ0n) is 17.1. The molecule has 0 radical (unpaired) electrons. The second kappa shape index (κ2) is 12.1. The number of hydrogen-bond donors (Lipinski definition) is 4. The van der Waals surface area contributed by atoms with Gasteiger partial charge in [0, 0.05) is 5.75 Å². The number of thioether (sulfide) groups is 1. The highest BCUT2D eigenvalue weighted by molar-refractivity contribution is 7.99. The molecule has 5 N–H and O–H groups in total. The second-order valence-electron chi connectivity index (χ2n) is 6.74. The van der Waals surface area contributed by atoms with Crippen molar-refractivity contribution in [2.75, 3.05) is 25.2 Å². The zero-order valence-corrected chi connectivity index (χ0v) is 17.9. The predicted molar refractivity (Wildman–Crippen MR) is 119 cm³/mol. The van der Waals surface area contributed by atoms with Gasteiger partial charge in [-0.1, -0.05) is 36.4 Å². The van der Waals surface area contributed by atoms with Crippen molar-refractivity contribution in [2.24, 2.45) is 5.73 Å². The maximum absolute atomic E-state index is 12.1. The Morgan fingerprint density at radius 3 is 2.58 bits per heavy atom. The van der Waals surface area contributed by atoms with E-state index in [-0.39, 0.29) is 5.56 Å². The minimum absolute atomic E-state index is 0.229. The van der Waals surface area contributed by atoms with Crippen LogP contribution < -0.4 is 11.1 Å². The third-order valence-corrected chi connectivity index (χ3v) is 5.66. The summed E-state index contributed by atoms with van der Waals surface area (Å²) in [6, 6.07) is 12.6. The Kier molecular flexibility index (Phi) is 9.51. The zero-order chi connectivity index (χ0) is 22.8. The molecule has 0 bridgehead atoms. The molecule has 2 atom stereocenters. The molecule has 31 heavy (non-hydrogen) atoms. The average Bonchev–Trinajstić information content (AvgIpc) is 2.79. The van der Waals surface area contributed by atoms with Crippen molar-refractivity contribution >= 4 is 29.6 Å². The van der Waals surface area contributed by atoms with Crippen LogP contribution in [-0.4, -0.2) is 65.4 Å². The monoisotopic (exact) mass is 446 g/mol. The summed E-state index contributed by atoms with van der Waals surface area (Å²) in [5, 5.41) is 20.8. The minimum atomic E-state index is -1.14. The molecule has 0 aliphatic rings. The lowest BCUT2D eigenvalue weighted by Crippen LogP contribution is -2.51. The summed E-state index contributed by atoms with van der Waals surface area (Å²) in [7, 11) is 1.17. The third kappa shape index (κ3) is 7.09. The highest BCUT2D eigenvalue weighted by Gasteiger charge is 2.23. The number of methoxy groups -OCH3 is 1. The van der Waals surface area contributed by atoms with Gasteiger partial charge in [-0.25, -0.2) is 9.59 Å². The maximum Gasteiger partial charge on any atom is 0.335 e. The number of aryl methyl sites for hydroxylation is 1. The first-order valence-electron chi connectivity index (χ1n) is 9.61. The molecule has 0 heterocycles.